The van der Waals surface area contributed by atoms with Crippen LogP contribution in [0.5, 0.6) is 0 Å². The summed E-state index contributed by atoms with van der Waals surface area (Å²) in [4.78, 5) is 2.38. The van der Waals surface area contributed by atoms with Gasteiger partial charge in [0.1, 0.15) is 5.82 Å². The van der Waals surface area contributed by atoms with Crippen LogP contribution in [0.3, 0.4) is 0 Å². The first-order valence-electron chi connectivity index (χ1n) is 6.96. The van der Waals surface area contributed by atoms with Gasteiger partial charge in [-0.05, 0) is 36.6 Å². The van der Waals surface area contributed by atoms with Gasteiger partial charge in [-0.15, -0.1) is 0 Å². The Bertz CT molecular complexity index is 425. The van der Waals surface area contributed by atoms with E-state index in [2.05, 4.69) is 18.7 Å². The highest BCUT2D eigenvalue weighted by Crippen LogP contribution is 2.19. The predicted octanol–water partition coefficient (Wildman–Crippen LogP) is 2.28. The van der Waals surface area contributed by atoms with E-state index in [1.807, 2.05) is 6.07 Å². The Morgan fingerprint density at radius 1 is 1.37 bits per heavy atom. The van der Waals surface area contributed by atoms with Crippen molar-refractivity contribution >= 4 is 0 Å². The summed E-state index contributed by atoms with van der Waals surface area (Å²) >= 11 is 0. The zero-order valence-electron chi connectivity index (χ0n) is 11.7. The summed E-state index contributed by atoms with van der Waals surface area (Å²) < 4.78 is 19.2. The first kappa shape index (κ1) is 14.4. The molecule has 2 N–H and O–H groups in total. The molecule has 0 bridgehead atoms. The minimum atomic E-state index is -0.202. The van der Waals surface area contributed by atoms with Crippen LogP contribution in [-0.2, 0) is 17.8 Å². The summed E-state index contributed by atoms with van der Waals surface area (Å²) in [5.74, 6) is -0.202. The molecule has 0 radical (unpaired) electrons. The van der Waals surface area contributed by atoms with Crippen molar-refractivity contribution in [1.82, 2.24) is 4.90 Å². The largest absolute Gasteiger partial charge is 0.376 e. The lowest BCUT2D eigenvalue weighted by molar-refractivity contribution is -0.0592. The Morgan fingerprint density at radius 3 is 2.79 bits per heavy atom. The fraction of sp³-hybridized carbons (Fsp3) is 0.600. The molecule has 0 aliphatic carbocycles. The van der Waals surface area contributed by atoms with Gasteiger partial charge in [0, 0.05) is 25.7 Å². The molecule has 2 rings (SSSR count). The maximum absolute atomic E-state index is 13.5. The number of nitrogens with zero attached hydrogens (tertiary/aromatic N) is 1. The van der Waals surface area contributed by atoms with Gasteiger partial charge in [-0.2, -0.15) is 0 Å². The summed E-state index contributed by atoms with van der Waals surface area (Å²) in [7, 11) is 0. The van der Waals surface area contributed by atoms with Crippen LogP contribution in [0.2, 0.25) is 0 Å². The number of halogens is 1. The van der Waals surface area contributed by atoms with Gasteiger partial charge in [-0.3, -0.25) is 4.90 Å². The van der Waals surface area contributed by atoms with E-state index in [-0.39, 0.29) is 11.9 Å². The molecule has 1 heterocycles. The van der Waals surface area contributed by atoms with Crippen LogP contribution in [0.15, 0.2) is 18.2 Å². The zero-order chi connectivity index (χ0) is 13.8. The van der Waals surface area contributed by atoms with Crippen LogP contribution in [0.1, 0.15) is 31.4 Å². The molecule has 2 atom stereocenters. The Morgan fingerprint density at radius 2 is 2.11 bits per heavy atom. The van der Waals surface area contributed by atoms with Gasteiger partial charge in [-0.25, -0.2) is 4.39 Å². The van der Waals surface area contributed by atoms with Gasteiger partial charge >= 0.3 is 0 Å². The van der Waals surface area contributed by atoms with E-state index in [0.717, 1.165) is 37.2 Å². The molecule has 19 heavy (non-hydrogen) atoms. The lowest BCUT2D eigenvalue weighted by Gasteiger charge is -2.38. The highest BCUT2D eigenvalue weighted by Gasteiger charge is 2.25. The Kier molecular flexibility index (Phi) is 4.91. The Hall–Kier alpha value is -0.970. The van der Waals surface area contributed by atoms with Crippen LogP contribution < -0.4 is 5.73 Å². The summed E-state index contributed by atoms with van der Waals surface area (Å²) in [6.07, 6.45) is 1.29. The summed E-state index contributed by atoms with van der Waals surface area (Å²) in [6.45, 7) is 7.03. The molecule has 1 fully saturated rings. The zero-order valence-corrected chi connectivity index (χ0v) is 11.7. The first-order chi connectivity index (χ1) is 9.12. The maximum atomic E-state index is 13.5. The standard InChI is InChI=1S/C15H23FN2O/c1-3-15-10-19-11(2)8-18(15)9-13-4-12(7-17)5-14(16)6-13/h4-6,11,15H,3,7-10,17H2,1-2H3. The second kappa shape index (κ2) is 6.46. The molecular formula is C15H23FN2O. The van der Waals surface area contributed by atoms with Gasteiger partial charge in [0.05, 0.1) is 12.7 Å². The number of nitrogens with two attached hydrogens (primary N) is 1. The van der Waals surface area contributed by atoms with Crippen LogP contribution >= 0.6 is 0 Å². The third-order valence-electron chi connectivity index (χ3n) is 3.69. The summed E-state index contributed by atoms with van der Waals surface area (Å²) in [6, 6.07) is 5.52. The molecule has 1 saturated heterocycles. The monoisotopic (exact) mass is 266 g/mol. The third kappa shape index (κ3) is 3.75. The molecule has 1 aliphatic rings. The number of hydrogen-bond acceptors (Lipinski definition) is 3. The second-order valence-corrected chi connectivity index (χ2v) is 5.31. The minimum absolute atomic E-state index is 0.202. The molecule has 1 aromatic rings. The van der Waals surface area contributed by atoms with Crippen molar-refractivity contribution in [2.24, 2.45) is 5.73 Å². The van der Waals surface area contributed by atoms with E-state index in [1.165, 1.54) is 6.07 Å². The fourth-order valence-corrected chi connectivity index (χ4v) is 2.64. The molecule has 0 saturated carbocycles. The highest BCUT2D eigenvalue weighted by atomic mass is 19.1. The normalized spacial score (nSPS) is 24.6. The van der Waals surface area contributed by atoms with Gasteiger partial charge in [0.25, 0.3) is 0 Å². The number of hydrogen-bond donors (Lipinski definition) is 1. The van der Waals surface area contributed by atoms with Crippen molar-refractivity contribution in [2.75, 3.05) is 13.2 Å². The fourth-order valence-electron chi connectivity index (χ4n) is 2.64. The lowest BCUT2D eigenvalue weighted by Crippen LogP contribution is -2.47. The van der Waals surface area contributed by atoms with Crippen molar-refractivity contribution in [3.63, 3.8) is 0 Å². The summed E-state index contributed by atoms with van der Waals surface area (Å²) in [5, 5.41) is 0. The van der Waals surface area contributed by atoms with E-state index < -0.39 is 0 Å². The molecule has 106 valence electrons. The van der Waals surface area contributed by atoms with Crippen LogP contribution in [-0.4, -0.2) is 30.2 Å². The average Bonchev–Trinajstić information content (AvgIpc) is 2.38. The van der Waals surface area contributed by atoms with E-state index in [9.17, 15) is 4.39 Å². The lowest BCUT2D eigenvalue weighted by atomic mass is 10.1. The number of benzene rings is 1. The van der Waals surface area contributed by atoms with Crippen molar-refractivity contribution in [2.45, 2.75) is 45.5 Å². The topological polar surface area (TPSA) is 38.5 Å². The highest BCUT2D eigenvalue weighted by molar-refractivity contribution is 5.24. The first-order valence-corrected chi connectivity index (χ1v) is 6.96. The molecule has 4 heteroatoms. The van der Waals surface area contributed by atoms with Gasteiger partial charge in [0.2, 0.25) is 0 Å². The Balaban J connectivity index is 2.11. The van der Waals surface area contributed by atoms with Crippen molar-refractivity contribution < 1.29 is 9.13 Å². The minimum Gasteiger partial charge on any atom is -0.376 e. The molecule has 1 aromatic carbocycles. The van der Waals surface area contributed by atoms with Crippen molar-refractivity contribution in [1.29, 1.82) is 0 Å². The molecule has 0 amide bonds. The molecule has 2 unspecified atom stereocenters. The maximum Gasteiger partial charge on any atom is 0.123 e. The van der Waals surface area contributed by atoms with Gasteiger partial charge in [-0.1, -0.05) is 13.0 Å². The predicted molar refractivity (Wildman–Crippen MR) is 74.2 cm³/mol. The average molecular weight is 266 g/mol. The molecule has 0 aromatic heterocycles. The number of morpholine rings is 1. The molecular weight excluding hydrogens is 243 g/mol. The number of rotatable bonds is 4. The van der Waals surface area contributed by atoms with Crippen molar-refractivity contribution in [3.8, 4) is 0 Å². The van der Waals surface area contributed by atoms with Crippen LogP contribution in [0.25, 0.3) is 0 Å². The molecule has 1 aliphatic heterocycles. The van der Waals surface area contributed by atoms with Crippen LogP contribution in [0, 0.1) is 5.82 Å². The van der Waals surface area contributed by atoms with Crippen molar-refractivity contribution in [3.05, 3.63) is 35.1 Å². The summed E-state index contributed by atoms with van der Waals surface area (Å²) in [5.41, 5.74) is 7.44. The smallest absolute Gasteiger partial charge is 0.123 e. The second-order valence-electron chi connectivity index (χ2n) is 5.31. The Labute approximate surface area is 114 Å². The third-order valence-corrected chi connectivity index (χ3v) is 3.69. The molecule has 0 spiro atoms. The molecule has 3 nitrogen and oxygen atoms in total. The van der Waals surface area contributed by atoms with Gasteiger partial charge in [0.15, 0.2) is 0 Å². The van der Waals surface area contributed by atoms with Gasteiger partial charge < -0.3 is 10.5 Å². The van der Waals surface area contributed by atoms with E-state index in [1.54, 1.807) is 6.07 Å². The number of ether oxygens (including phenoxy) is 1. The van der Waals surface area contributed by atoms with E-state index in [0.29, 0.717) is 12.6 Å². The SMILES string of the molecule is CCC1COC(C)CN1Cc1cc(F)cc(CN)c1. The van der Waals surface area contributed by atoms with E-state index >= 15 is 0 Å². The van der Waals surface area contributed by atoms with E-state index in [4.69, 9.17) is 10.5 Å². The quantitative estimate of drug-likeness (QED) is 0.908. The van der Waals surface area contributed by atoms with Crippen LogP contribution in [0.4, 0.5) is 4.39 Å².